The number of carbonyl (C=O) groups is 1. The van der Waals surface area contributed by atoms with E-state index < -0.39 is 0 Å². The molecule has 4 nitrogen and oxygen atoms in total. The molecule has 1 aromatic carbocycles. The summed E-state index contributed by atoms with van der Waals surface area (Å²) in [5.41, 5.74) is 8.02. The lowest BCUT2D eigenvalue weighted by molar-refractivity contribution is 0.0682. The number of anilines is 1. The summed E-state index contributed by atoms with van der Waals surface area (Å²) in [6.45, 7) is 3.92. The summed E-state index contributed by atoms with van der Waals surface area (Å²) in [5, 5.41) is 0. The Labute approximate surface area is 114 Å². The normalized spacial score (nSPS) is 14.4. The van der Waals surface area contributed by atoms with Crippen molar-refractivity contribution >= 4 is 11.6 Å². The van der Waals surface area contributed by atoms with Crippen molar-refractivity contribution in [3.8, 4) is 0 Å². The monoisotopic (exact) mass is 262 g/mol. The molecule has 0 radical (unpaired) electrons. The summed E-state index contributed by atoms with van der Waals surface area (Å²) in [5.74, 6) is 0.713. The highest BCUT2D eigenvalue weighted by atomic mass is 16.5. The summed E-state index contributed by atoms with van der Waals surface area (Å²) in [4.78, 5) is 13.9. The van der Waals surface area contributed by atoms with Gasteiger partial charge in [-0.25, -0.2) is 0 Å². The number of hydrogen-bond donors (Lipinski definition) is 1. The van der Waals surface area contributed by atoms with Gasteiger partial charge >= 0.3 is 0 Å². The summed E-state index contributed by atoms with van der Waals surface area (Å²) >= 11 is 0. The zero-order valence-electron chi connectivity index (χ0n) is 11.7. The topological polar surface area (TPSA) is 55.6 Å². The van der Waals surface area contributed by atoms with Crippen molar-refractivity contribution in [1.29, 1.82) is 0 Å². The highest BCUT2D eigenvalue weighted by Gasteiger charge is 2.21. The van der Waals surface area contributed by atoms with E-state index in [0.29, 0.717) is 24.4 Å². The van der Waals surface area contributed by atoms with Gasteiger partial charge in [0.25, 0.3) is 5.91 Å². The summed E-state index contributed by atoms with van der Waals surface area (Å²) in [7, 11) is 1.78. The van der Waals surface area contributed by atoms with Gasteiger partial charge in [-0.3, -0.25) is 4.79 Å². The molecule has 104 valence electrons. The van der Waals surface area contributed by atoms with Crippen molar-refractivity contribution in [1.82, 2.24) is 4.90 Å². The summed E-state index contributed by atoms with van der Waals surface area (Å²) in [6.07, 6.45) is 2.57. The minimum atomic E-state index is -0.0452. The summed E-state index contributed by atoms with van der Waals surface area (Å²) in [6, 6.07) is 5.54. The van der Waals surface area contributed by atoms with Gasteiger partial charge in [-0.05, 0) is 37.3 Å². The fourth-order valence-electron chi connectivity index (χ4n) is 1.91. The third-order valence-corrected chi connectivity index (χ3v) is 3.52. The Kier molecular flexibility index (Phi) is 4.43. The first kappa shape index (κ1) is 13.9. The molecule has 0 spiro atoms. The number of nitrogens with two attached hydrogens (primary N) is 1. The number of hydrogen-bond acceptors (Lipinski definition) is 3. The van der Waals surface area contributed by atoms with Gasteiger partial charge in [-0.2, -0.15) is 0 Å². The van der Waals surface area contributed by atoms with E-state index in [1.54, 1.807) is 18.0 Å². The van der Waals surface area contributed by atoms with Crippen LogP contribution in [0.2, 0.25) is 0 Å². The van der Waals surface area contributed by atoms with Crippen LogP contribution in [0.3, 0.4) is 0 Å². The Morgan fingerprint density at radius 2 is 2.21 bits per heavy atom. The number of carbonyl (C=O) groups excluding carboxylic acids is 1. The van der Waals surface area contributed by atoms with E-state index in [2.05, 4.69) is 0 Å². The number of likely N-dealkylation sites (N-methyl/N-ethyl adjacent to an activating group) is 1. The van der Waals surface area contributed by atoms with Gasteiger partial charge < -0.3 is 15.4 Å². The van der Waals surface area contributed by atoms with E-state index in [9.17, 15) is 4.79 Å². The van der Waals surface area contributed by atoms with E-state index >= 15 is 0 Å². The predicted molar refractivity (Wildman–Crippen MR) is 76.1 cm³/mol. The zero-order chi connectivity index (χ0) is 13.8. The van der Waals surface area contributed by atoms with E-state index in [1.165, 1.54) is 12.8 Å². The zero-order valence-corrected chi connectivity index (χ0v) is 11.7. The van der Waals surface area contributed by atoms with Crippen molar-refractivity contribution in [2.75, 3.05) is 32.5 Å². The molecule has 1 amide bonds. The smallest absolute Gasteiger partial charge is 0.255 e. The Morgan fingerprint density at radius 1 is 1.47 bits per heavy atom. The molecule has 1 aliphatic carbocycles. The van der Waals surface area contributed by atoms with Gasteiger partial charge in [0.05, 0.1) is 12.2 Å². The third-order valence-electron chi connectivity index (χ3n) is 3.52. The summed E-state index contributed by atoms with van der Waals surface area (Å²) < 4.78 is 5.54. The second kappa shape index (κ2) is 6.06. The quantitative estimate of drug-likeness (QED) is 0.631. The number of benzene rings is 1. The van der Waals surface area contributed by atoms with Crippen LogP contribution < -0.4 is 5.73 Å². The second-order valence-corrected chi connectivity index (χ2v) is 5.28. The highest BCUT2D eigenvalue weighted by Crippen LogP contribution is 2.28. The van der Waals surface area contributed by atoms with Crippen LogP contribution in [0.15, 0.2) is 18.2 Å². The van der Waals surface area contributed by atoms with E-state index in [1.807, 2.05) is 19.1 Å². The molecule has 0 saturated heterocycles. The van der Waals surface area contributed by atoms with Crippen molar-refractivity contribution in [2.45, 2.75) is 19.8 Å². The molecule has 19 heavy (non-hydrogen) atoms. The lowest BCUT2D eigenvalue weighted by Gasteiger charge is -2.18. The van der Waals surface area contributed by atoms with Crippen LogP contribution in [0, 0.1) is 12.8 Å². The molecule has 1 aliphatic rings. The third kappa shape index (κ3) is 3.70. The molecule has 0 unspecified atom stereocenters. The first-order valence-electron chi connectivity index (χ1n) is 6.78. The van der Waals surface area contributed by atoms with E-state index in [-0.39, 0.29) is 5.91 Å². The number of ether oxygens (including phenoxy) is 1. The maximum Gasteiger partial charge on any atom is 0.255 e. The number of rotatable bonds is 6. The molecule has 1 aromatic rings. The van der Waals surface area contributed by atoms with Crippen LogP contribution in [-0.4, -0.2) is 37.6 Å². The van der Waals surface area contributed by atoms with Crippen molar-refractivity contribution in [3.05, 3.63) is 29.3 Å². The maximum atomic E-state index is 12.2. The van der Waals surface area contributed by atoms with Crippen LogP contribution in [0.4, 0.5) is 5.69 Å². The van der Waals surface area contributed by atoms with E-state index in [4.69, 9.17) is 10.5 Å². The van der Waals surface area contributed by atoms with Crippen molar-refractivity contribution in [2.24, 2.45) is 5.92 Å². The van der Waals surface area contributed by atoms with Crippen LogP contribution in [-0.2, 0) is 4.74 Å². The molecule has 4 heteroatoms. The van der Waals surface area contributed by atoms with Crippen LogP contribution >= 0.6 is 0 Å². The fourth-order valence-corrected chi connectivity index (χ4v) is 1.91. The Morgan fingerprint density at radius 3 is 2.89 bits per heavy atom. The van der Waals surface area contributed by atoms with Gasteiger partial charge in [0.15, 0.2) is 0 Å². The number of aryl methyl sites for hydroxylation is 1. The lowest BCUT2D eigenvalue weighted by atomic mass is 10.1. The van der Waals surface area contributed by atoms with Gasteiger partial charge in [0.1, 0.15) is 0 Å². The van der Waals surface area contributed by atoms with Gasteiger partial charge in [-0.15, -0.1) is 0 Å². The maximum absolute atomic E-state index is 12.2. The molecule has 2 N–H and O–H groups in total. The molecular formula is C15H22N2O2. The first-order chi connectivity index (χ1) is 9.09. The Hall–Kier alpha value is -1.55. The SMILES string of the molecule is Cc1cccc(C(=O)N(C)CCOCC2CC2)c1N. The lowest BCUT2D eigenvalue weighted by Crippen LogP contribution is -2.31. The standard InChI is InChI=1S/C15H22N2O2/c1-11-4-3-5-13(14(11)16)15(18)17(2)8-9-19-10-12-6-7-12/h3-5,12H,6-10,16H2,1-2H3. The number of nitrogens with zero attached hydrogens (tertiary/aromatic N) is 1. The van der Waals surface area contributed by atoms with E-state index in [0.717, 1.165) is 18.1 Å². The minimum Gasteiger partial charge on any atom is -0.398 e. The number of nitrogen functional groups attached to an aromatic ring is 1. The fraction of sp³-hybridized carbons (Fsp3) is 0.533. The van der Waals surface area contributed by atoms with Crippen LogP contribution in [0.5, 0.6) is 0 Å². The molecule has 2 rings (SSSR count). The van der Waals surface area contributed by atoms with Crippen molar-refractivity contribution in [3.63, 3.8) is 0 Å². The van der Waals surface area contributed by atoms with Crippen molar-refractivity contribution < 1.29 is 9.53 Å². The van der Waals surface area contributed by atoms with Crippen LogP contribution in [0.25, 0.3) is 0 Å². The molecular weight excluding hydrogens is 240 g/mol. The molecule has 0 bridgehead atoms. The number of para-hydroxylation sites is 1. The average molecular weight is 262 g/mol. The predicted octanol–water partition coefficient (Wildman–Crippen LogP) is 2.08. The highest BCUT2D eigenvalue weighted by molar-refractivity contribution is 5.99. The average Bonchev–Trinajstić information content (AvgIpc) is 3.21. The Bertz CT molecular complexity index is 455. The second-order valence-electron chi connectivity index (χ2n) is 5.28. The van der Waals surface area contributed by atoms with Gasteiger partial charge in [0.2, 0.25) is 0 Å². The molecule has 0 heterocycles. The van der Waals surface area contributed by atoms with Crippen LogP contribution in [0.1, 0.15) is 28.8 Å². The number of amides is 1. The minimum absolute atomic E-state index is 0.0452. The first-order valence-corrected chi connectivity index (χ1v) is 6.78. The van der Waals surface area contributed by atoms with Gasteiger partial charge in [-0.1, -0.05) is 12.1 Å². The molecule has 1 fully saturated rings. The molecule has 0 atom stereocenters. The van der Waals surface area contributed by atoms with Gasteiger partial charge in [0, 0.05) is 25.9 Å². The largest absolute Gasteiger partial charge is 0.398 e. The molecule has 0 aliphatic heterocycles. The molecule has 0 aromatic heterocycles. The Balaban J connectivity index is 1.84. The molecule has 1 saturated carbocycles.